The van der Waals surface area contributed by atoms with Gasteiger partial charge in [0.1, 0.15) is 0 Å². The SMILES string of the molecule is Cc1ncsc1CN1CC2(CC(OCc3ccccn3)CCO2)C1. The molecule has 0 amide bonds. The maximum absolute atomic E-state index is 6.11. The maximum atomic E-state index is 6.11. The Hall–Kier alpha value is -1.34. The number of hydrogen-bond acceptors (Lipinski definition) is 6. The molecule has 2 fully saturated rings. The van der Waals surface area contributed by atoms with E-state index in [1.54, 1.807) is 11.3 Å². The van der Waals surface area contributed by atoms with Gasteiger partial charge in [0, 0.05) is 43.7 Å². The van der Waals surface area contributed by atoms with Gasteiger partial charge in [-0.2, -0.15) is 0 Å². The number of pyridine rings is 1. The fourth-order valence-electron chi connectivity index (χ4n) is 3.59. The highest BCUT2D eigenvalue weighted by molar-refractivity contribution is 7.09. The first-order valence-corrected chi connectivity index (χ1v) is 9.37. The molecule has 2 aliphatic rings. The first kappa shape index (κ1) is 16.1. The summed E-state index contributed by atoms with van der Waals surface area (Å²) in [5.74, 6) is 0. The zero-order valence-electron chi connectivity index (χ0n) is 14.0. The minimum atomic E-state index is -0.00831. The van der Waals surface area contributed by atoms with Gasteiger partial charge in [0.15, 0.2) is 0 Å². The van der Waals surface area contributed by atoms with Crippen molar-refractivity contribution in [1.82, 2.24) is 14.9 Å². The summed E-state index contributed by atoms with van der Waals surface area (Å²) >= 11 is 1.74. The molecule has 128 valence electrons. The zero-order chi connectivity index (χ0) is 16.4. The van der Waals surface area contributed by atoms with Gasteiger partial charge in [-0.15, -0.1) is 11.3 Å². The van der Waals surface area contributed by atoms with E-state index in [4.69, 9.17) is 9.47 Å². The lowest BCUT2D eigenvalue weighted by atomic mass is 9.84. The van der Waals surface area contributed by atoms with Crippen molar-refractivity contribution >= 4 is 11.3 Å². The Kier molecular flexibility index (Phi) is 4.63. The number of nitrogens with zero attached hydrogens (tertiary/aromatic N) is 3. The van der Waals surface area contributed by atoms with Gasteiger partial charge >= 0.3 is 0 Å². The molecule has 1 spiro atoms. The molecular formula is C18H23N3O2S. The molecule has 2 aromatic heterocycles. The molecule has 2 aromatic rings. The summed E-state index contributed by atoms with van der Waals surface area (Å²) < 4.78 is 12.2. The number of aryl methyl sites for hydroxylation is 1. The van der Waals surface area contributed by atoms with Crippen molar-refractivity contribution < 1.29 is 9.47 Å². The third-order valence-electron chi connectivity index (χ3n) is 4.88. The van der Waals surface area contributed by atoms with Gasteiger partial charge < -0.3 is 9.47 Å². The Morgan fingerprint density at radius 2 is 2.29 bits per heavy atom. The van der Waals surface area contributed by atoms with Crippen LogP contribution < -0.4 is 0 Å². The molecule has 4 heterocycles. The van der Waals surface area contributed by atoms with Gasteiger partial charge in [-0.25, -0.2) is 4.98 Å². The normalized spacial score (nSPS) is 23.3. The predicted molar refractivity (Wildman–Crippen MR) is 92.9 cm³/mol. The van der Waals surface area contributed by atoms with Crippen LogP contribution in [0, 0.1) is 6.92 Å². The van der Waals surface area contributed by atoms with Gasteiger partial charge in [-0.3, -0.25) is 9.88 Å². The van der Waals surface area contributed by atoms with Crippen molar-refractivity contribution in [2.45, 2.75) is 44.6 Å². The molecular weight excluding hydrogens is 322 g/mol. The smallest absolute Gasteiger partial charge is 0.0959 e. The Morgan fingerprint density at radius 1 is 1.38 bits per heavy atom. The number of likely N-dealkylation sites (tertiary alicyclic amines) is 1. The van der Waals surface area contributed by atoms with E-state index in [0.717, 1.165) is 50.5 Å². The van der Waals surface area contributed by atoms with Crippen molar-refractivity contribution in [3.63, 3.8) is 0 Å². The van der Waals surface area contributed by atoms with E-state index in [9.17, 15) is 0 Å². The lowest BCUT2D eigenvalue weighted by Gasteiger charge is -2.53. The van der Waals surface area contributed by atoms with Crippen molar-refractivity contribution in [2.75, 3.05) is 19.7 Å². The number of rotatable bonds is 5. The van der Waals surface area contributed by atoms with E-state index in [-0.39, 0.29) is 11.7 Å². The first-order valence-electron chi connectivity index (χ1n) is 8.49. The van der Waals surface area contributed by atoms with Gasteiger partial charge in [0.2, 0.25) is 0 Å². The van der Waals surface area contributed by atoms with Crippen LogP contribution in [0.1, 0.15) is 29.1 Å². The topological polar surface area (TPSA) is 47.5 Å². The second-order valence-corrected chi connectivity index (χ2v) is 7.72. The molecule has 2 saturated heterocycles. The van der Waals surface area contributed by atoms with Crippen molar-refractivity contribution in [1.29, 1.82) is 0 Å². The lowest BCUT2D eigenvalue weighted by molar-refractivity contribution is -0.200. The largest absolute Gasteiger partial charge is 0.372 e. The molecule has 2 aliphatic heterocycles. The quantitative estimate of drug-likeness (QED) is 0.834. The Labute approximate surface area is 146 Å². The van der Waals surface area contributed by atoms with E-state index < -0.39 is 0 Å². The second kappa shape index (κ2) is 6.88. The summed E-state index contributed by atoms with van der Waals surface area (Å²) in [4.78, 5) is 12.5. The van der Waals surface area contributed by atoms with E-state index in [2.05, 4.69) is 21.8 Å². The van der Waals surface area contributed by atoms with Gasteiger partial charge in [0.05, 0.1) is 35.2 Å². The van der Waals surface area contributed by atoms with Crippen LogP contribution in [0.5, 0.6) is 0 Å². The summed E-state index contributed by atoms with van der Waals surface area (Å²) in [7, 11) is 0. The summed E-state index contributed by atoms with van der Waals surface area (Å²) in [5, 5.41) is 0. The average molecular weight is 345 g/mol. The molecule has 4 rings (SSSR count). The van der Waals surface area contributed by atoms with E-state index in [1.165, 1.54) is 4.88 Å². The predicted octanol–water partition coefficient (Wildman–Crippen LogP) is 2.80. The molecule has 0 aromatic carbocycles. The van der Waals surface area contributed by atoms with Crippen LogP contribution in [0.15, 0.2) is 29.9 Å². The summed E-state index contributed by atoms with van der Waals surface area (Å²) in [6.45, 7) is 6.44. The van der Waals surface area contributed by atoms with E-state index in [1.807, 2.05) is 29.9 Å². The fourth-order valence-corrected chi connectivity index (χ4v) is 4.41. The Morgan fingerprint density at radius 3 is 3.04 bits per heavy atom. The summed E-state index contributed by atoms with van der Waals surface area (Å²) in [6, 6.07) is 5.95. The Bertz CT molecular complexity index is 670. The molecule has 0 radical (unpaired) electrons. The minimum absolute atomic E-state index is 0.00831. The van der Waals surface area contributed by atoms with Gasteiger partial charge in [-0.05, 0) is 25.5 Å². The lowest BCUT2D eigenvalue weighted by Crippen LogP contribution is -2.65. The highest BCUT2D eigenvalue weighted by Gasteiger charge is 2.47. The highest BCUT2D eigenvalue weighted by atomic mass is 32.1. The number of hydrogen-bond donors (Lipinski definition) is 0. The van der Waals surface area contributed by atoms with Crippen LogP contribution in [0.4, 0.5) is 0 Å². The third kappa shape index (κ3) is 3.52. The van der Waals surface area contributed by atoms with Crippen LogP contribution in [0.2, 0.25) is 0 Å². The highest BCUT2D eigenvalue weighted by Crippen LogP contribution is 2.36. The second-order valence-electron chi connectivity index (χ2n) is 6.78. The van der Waals surface area contributed by atoms with E-state index in [0.29, 0.717) is 6.61 Å². The number of thiazole rings is 1. The summed E-state index contributed by atoms with van der Waals surface area (Å²) in [5.41, 5.74) is 4.07. The Balaban J connectivity index is 1.27. The summed E-state index contributed by atoms with van der Waals surface area (Å²) in [6.07, 6.45) is 4.05. The van der Waals surface area contributed by atoms with Crippen LogP contribution in [-0.4, -0.2) is 46.3 Å². The van der Waals surface area contributed by atoms with Crippen molar-refractivity contribution in [3.8, 4) is 0 Å². The van der Waals surface area contributed by atoms with Crippen LogP contribution in [-0.2, 0) is 22.6 Å². The molecule has 0 N–H and O–H groups in total. The molecule has 24 heavy (non-hydrogen) atoms. The minimum Gasteiger partial charge on any atom is -0.372 e. The molecule has 5 nitrogen and oxygen atoms in total. The van der Waals surface area contributed by atoms with Crippen LogP contribution in [0.3, 0.4) is 0 Å². The molecule has 1 atom stereocenters. The van der Waals surface area contributed by atoms with Gasteiger partial charge in [0.25, 0.3) is 0 Å². The number of aromatic nitrogens is 2. The number of ether oxygens (including phenoxy) is 2. The molecule has 0 aliphatic carbocycles. The molecule has 6 heteroatoms. The molecule has 0 bridgehead atoms. The van der Waals surface area contributed by atoms with Crippen molar-refractivity contribution in [2.24, 2.45) is 0 Å². The molecule has 0 saturated carbocycles. The van der Waals surface area contributed by atoms with Crippen molar-refractivity contribution in [3.05, 3.63) is 46.2 Å². The van der Waals surface area contributed by atoms with Gasteiger partial charge in [-0.1, -0.05) is 6.07 Å². The van der Waals surface area contributed by atoms with Crippen LogP contribution in [0.25, 0.3) is 0 Å². The monoisotopic (exact) mass is 345 g/mol. The average Bonchev–Trinajstić information content (AvgIpc) is 2.98. The third-order valence-corrected chi connectivity index (χ3v) is 5.80. The first-order chi connectivity index (χ1) is 11.7. The van der Waals surface area contributed by atoms with E-state index >= 15 is 0 Å². The maximum Gasteiger partial charge on any atom is 0.0959 e. The molecule has 1 unspecified atom stereocenters. The van der Waals surface area contributed by atoms with Crippen LogP contribution >= 0.6 is 11.3 Å². The fraction of sp³-hybridized carbons (Fsp3) is 0.556. The standard InChI is InChI=1S/C18H23N3O2S/c1-14-17(24-13-20-14)9-21-11-18(12-21)8-16(5-7-23-18)22-10-15-4-2-3-6-19-15/h2-4,6,13,16H,5,7-12H2,1H3. The zero-order valence-corrected chi connectivity index (χ0v) is 14.8.